The molecule has 0 saturated carbocycles. The molecule has 7 nitrogen and oxygen atoms in total. The van der Waals surface area contributed by atoms with Crippen LogP contribution in [0.2, 0.25) is 0 Å². The van der Waals surface area contributed by atoms with Gasteiger partial charge in [0.15, 0.2) is 9.84 Å². The van der Waals surface area contributed by atoms with Gasteiger partial charge in [-0.2, -0.15) is 0 Å². The molecule has 21 heavy (non-hydrogen) atoms. The molecule has 3 N–H and O–H groups in total. The highest BCUT2D eigenvalue weighted by atomic mass is 32.2. The Bertz CT molecular complexity index is 764. The van der Waals surface area contributed by atoms with Crippen molar-refractivity contribution in [3.63, 3.8) is 0 Å². The molecule has 0 spiro atoms. The number of amides is 1. The highest BCUT2D eigenvalue weighted by Crippen LogP contribution is 2.25. The van der Waals surface area contributed by atoms with E-state index in [2.05, 4.69) is 5.32 Å². The van der Waals surface area contributed by atoms with Crippen LogP contribution in [0.4, 0.5) is 0 Å². The number of hydrogen-bond acceptors (Lipinski definition) is 6. The molecular weight excluding hydrogens is 336 g/mol. The quantitative estimate of drug-likeness (QED) is 0.790. The normalized spacial score (nSPS) is 21.3. The van der Waals surface area contributed by atoms with E-state index in [0.29, 0.717) is 12.8 Å². The van der Waals surface area contributed by atoms with Crippen molar-refractivity contribution < 1.29 is 21.6 Å². The van der Waals surface area contributed by atoms with E-state index in [1.165, 1.54) is 12.3 Å². The fourth-order valence-corrected chi connectivity index (χ4v) is 6.07. The van der Waals surface area contributed by atoms with E-state index in [-0.39, 0.29) is 27.6 Å². The molecule has 10 heteroatoms. The van der Waals surface area contributed by atoms with Gasteiger partial charge in [0.25, 0.3) is 5.91 Å². The number of sulfonamides is 1. The first-order valence-corrected chi connectivity index (χ1v) is 10.4. The van der Waals surface area contributed by atoms with Crippen molar-refractivity contribution in [1.29, 1.82) is 0 Å². The number of nitrogens with two attached hydrogens (primary N) is 1. The van der Waals surface area contributed by atoms with Gasteiger partial charge in [-0.05, 0) is 25.3 Å². The highest BCUT2D eigenvalue weighted by Gasteiger charge is 2.31. The van der Waals surface area contributed by atoms with Gasteiger partial charge in [-0.25, -0.2) is 22.0 Å². The van der Waals surface area contributed by atoms with Gasteiger partial charge >= 0.3 is 0 Å². The first kappa shape index (κ1) is 16.4. The molecule has 0 bridgehead atoms. The topological polar surface area (TPSA) is 123 Å². The van der Waals surface area contributed by atoms with Crippen LogP contribution in [0.3, 0.4) is 0 Å². The minimum atomic E-state index is -3.85. The Labute approximate surface area is 127 Å². The lowest BCUT2D eigenvalue weighted by Gasteiger charge is -2.10. The monoisotopic (exact) mass is 352 g/mol. The van der Waals surface area contributed by atoms with Gasteiger partial charge in [0.1, 0.15) is 4.21 Å². The van der Waals surface area contributed by atoms with Crippen LogP contribution in [-0.2, 0) is 19.9 Å². The van der Waals surface area contributed by atoms with Gasteiger partial charge in [-0.15, -0.1) is 11.3 Å². The third kappa shape index (κ3) is 3.44. The molecule has 2 heterocycles. The van der Waals surface area contributed by atoms with Crippen LogP contribution in [0.1, 0.15) is 28.8 Å². The number of sulfone groups is 1. The second-order valence-electron chi connectivity index (χ2n) is 4.95. The summed E-state index contributed by atoms with van der Waals surface area (Å²) >= 11 is 0.877. The Morgan fingerprint density at radius 2 is 2.19 bits per heavy atom. The largest absolute Gasteiger partial charge is 0.351 e. The molecule has 1 amide bonds. The first-order chi connectivity index (χ1) is 9.63. The Morgan fingerprint density at radius 1 is 1.52 bits per heavy atom. The van der Waals surface area contributed by atoms with Gasteiger partial charge in [-0.1, -0.05) is 0 Å². The highest BCUT2D eigenvalue weighted by molar-refractivity contribution is 7.92. The van der Waals surface area contributed by atoms with Crippen LogP contribution in [-0.4, -0.2) is 40.3 Å². The van der Waals surface area contributed by atoms with Gasteiger partial charge in [0, 0.05) is 11.9 Å². The smallest absolute Gasteiger partial charge is 0.252 e. The summed E-state index contributed by atoms with van der Waals surface area (Å²) in [6.07, 6.45) is 1.14. The molecule has 2 rings (SSSR count). The summed E-state index contributed by atoms with van der Waals surface area (Å²) in [6, 6.07) is 0. The molecule has 1 aliphatic rings. The number of primary sulfonamides is 1. The fraction of sp³-hybridized carbons (Fsp3) is 0.545. The molecule has 1 unspecified atom stereocenters. The van der Waals surface area contributed by atoms with Gasteiger partial charge in [-0.3, -0.25) is 4.79 Å². The molecule has 1 aromatic rings. The van der Waals surface area contributed by atoms with Crippen LogP contribution in [0.15, 0.2) is 9.59 Å². The van der Waals surface area contributed by atoms with Crippen LogP contribution < -0.4 is 10.5 Å². The Hall–Kier alpha value is -0.970. The molecule has 0 aliphatic carbocycles. The molecule has 0 radical (unpaired) electrons. The SMILES string of the molecule is Cc1c(C(=O)NCC2CCCS2(=O)=O)csc1S(N)(=O)=O. The summed E-state index contributed by atoms with van der Waals surface area (Å²) in [5.74, 6) is -0.332. The van der Waals surface area contributed by atoms with Crippen LogP contribution in [0, 0.1) is 6.92 Å². The van der Waals surface area contributed by atoms with E-state index in [1.54, 1.807) is 0 Å². The van der Waals surface area contributed by atoms with Crippen molar-refractivity contribution in [2.75, 3.05) is 12.3 Å². The molecule has 1 aromatic heterocycles. The van der Waals surface area contributed by atoms with Gasteiger partial charge in [0.2, 0.25) is 10.0 Å². The lowest BCUT2D eigenvalue weighted by Crippen LogP contribution is -2.34. The molecular formula is C11H16N2O5S3. The number of carbonyl (C=O) groups excluding carboxylic acids is 1. The zero-order chi connectivity index (χ0) is 15.8. The van der Waals surface area contributed by atoms with Crippen molar-refractivity contribution in [2.45, 2.75) is 29.2 Å². The summed E-state index contributed by atoms with van der Waals surface area (Å²) in [6.45, 7) is 1.54. The molecule has 1 fully saturated rings. The van der Waals surface area contributed by atoms with E-state index in [4.69, 9.17) is 5.14 Å². The molecule has 118 valence electrons. The maximum absolute atomic E-state index is 12.0. The second-order valence-corrected chi connectivity index (χ2v) is 9.99. The van der Waals surface area contributed by atoms with E-state index in [1.807, 2.05) is 0 Å². The Morgan fingerprint density at radius 3 is 2.67 bits per heavy atom. The van der Waals surface area contributed by atoms with E-state index >= 15 is 0 Å². The standard InChI is InChI=1S/C11H16N2O5S3/c1-7-9(6-19-11(7)21(12,17)18)10(14)13-5-8-3-2-4-20(8,15)16/h6,8H,2-5H2,1H3,(H,13,14)(H2,12,17,18). The van der Waals surface area contributed by atoms with Crippen molar-refractivity contribution in [1.82, 2.24) is 5.32 Å². The lowest BCUT2D eigenvalue weighted by molar-refractivity contribution is 0.0953. The molecule has 0 aromatic carbocycles. The molecule has 1 atom stereocenters. The average molecular weight is 352 g/mol. The van der Waals surface area contributed by atoms with Crippen molar-refractivity contribution in [3.05, 3.63) is 16.5 Å². The number of nitrogens with one attached hydrogen (secondary N) is 1. The summed E-state index contributed by atoms with van der Waals surface area (Å²) in [5.41, 5.74) is 0.494. The van der Waals surface area contributed by atoms with Crippen LogP contribution in [0.5, 0.6) is 0 Å². The van der Waals surface area contributed by atoms with Crippen molar-refractivity contribution in [3.8, 4) is 0 Å². The number of rotatable bonds is 4. The molecule has 1 aliphatic heterocycles. The number of carbonyl (C=O) groups is 1. The second kappa shape index (κ2) is 5.67. The van der Waals surface area contributed by atoms with Crippen molar-refractivity contribution >= 4 is 37.1 Å². The lowest BCUT2D eigenvalue weighted by atomic mass is 10.2. The van der Waals surface area contributed by atoms with Crippen LogP contribution in [0.25, 0.3) is 0 Å². The van der Waals surface area contributed by atoms with E-state index in [0.717, 1.165) is 11.3 Å². The maximum Gasteiger partial charge on any atom is 0.252 e. The number of thiophene rings is 1. The van der Waals surface area contributed by atoms with Gasteiger partial charge < -0.3 is 5.32 Å². The predicted molar refractivity (Wildman–Crippen MR) is 79.6 cm³/mol. The zero-order valence-electron chi connectivity index (χ0n) is 11.3. The number of hydrogen-bond donors (Lipinski definition) is 2. The minimum absolute atomic E-state index is 0.0428. The fourth-order valence-electron chi connectivity index (χ4n) is 2.29. The summed E-state index contributed by atoms with van der Waals surface area (Å²) < 4.78 is 45.9. The Balaban J connectivity index is 2.10. The van der Waals surface area contributed by atoms with Gasteiger partial charge in [0.05, 0.1) is 16.6 Å². The summed E-state index contributed by atoms with van der Waals surface area (Å²) in [5, 5.41) is 8.46. The molecule has 1 saturated heterocycles. The van der Waals surface area contributed by atoms with E-state index in [9.17, 15) is 21.6 Å². The average Bonchev–Trinajstić information content (AvgIpc) is 2.88. The maximum atomic E-state index is 12.0. The van der Waals surface area contributed by atoms with E-state index < -0.39 is 31.0 Å². The zero-order valence-corrected chi connectivity index (χ0v) is 13.8. The third-order valence-corrected chi connectivity index (χ3v) is 8.41. The predicted octanol–water partition coefficient (Wildman–Crippen LogP) is 0.0109. The van der Waals surface area contributed by atoms with Crippen molar-refractivity contribution in [2.24, 2.45) is 5.14 Å². The third-order valence-electron chi connectivity index (χ3n) is 3.45. The summed E-state index contributed by atoms with van der Waals surface area (Å²) in [4.78, 5) is 12.0. The Kier molecular flexibility index (Phi) is 4.43. The van der Waals surface area contributed by atoms with Crippen LogP contribution >= 0.6 is 11.3 Å². The summed E-state index contributed by atoms with van der Waals surface area (Å²) in [7, 11) is -6.97. The first-order valence-electron chi connectivity index (χ1n) is 6.23. The minimum Gasteiger partial charge on any atom is -0.351 e.